The van der Waals surface area contributed by atoms with E-state index in [2.05, 4.69) is 35.6 Å². The number of carbonyl (C=O) groups is 1. The van der Waals surface area contributed by atoms with Gasteiger partial charge < -0.3 is 10.1 Å². The number of anilines is 1. The second-order valence-corrected chi connectivity index (χ2v) is 12.2. The van der Waals surface area contributed by atoms with Crippen LogP contribution >= 0.6 is 0 Å². The van der Waals surface area contributed by atoms with E-state index in [1.807, 2.05) is 43.3 Å². The Morgan fingerprint density at radius 2 is 1.73 bits per heavy atom. The zero-order valence-electron chi connectivity index (χ0n) is 22.9. The smallest absolute Gasteiger partial charge is 0.259 e. The molecule has 1 aliphatic heterocycles. The van der Waals surface area contributed by atoms with Crippen molar-refractivity contribution in [3.63, 3.8) is 0 Å². The molecule has 4 aromatic carbocycles. The summed E-state index contributed by atoms with van der Waals surface area (Å²) in [6.45, 7) is 4.92. The van der Waals surface area contributed by atoms with Crippen molar-refractivity contribution < 1.29 is 17.9 Å². The molecule has 0 bridgehead atoms. The number of rotatable bonds is 7. The van der Waals surface area contributed by atoms with Gasteiger partial charge in [0.2, 0.25) is 10.0 Å². The van der Waals surface area contributed by atoms with Crippen molar-refractivity contribution in [1.82, 2.24) is 14.1 Å². The minimum absolute atomic E-state index is 0.0225. The molecule has 2 heterocycles. The van der Waals surface area contributed by atoms with Crippen molar-refractivity contribution in [2.45, 2.75) is 25.3 Å². The molecule has 208 valence electrons. The number of amides is 1. The lowest BCUT2D eigenvalue weighted by molar-refractivity contribution is 0.102. The highest BCUT2D eigenvalue weighted by molar-refractivity contribution is 7.89. The molecule has 0 radical (unpaired) electrons. The Morgan fingerprint density at radius 3 is 2.49 bits per heavy atom. The van der Waals surface area contributed by atoms with Gasteiger partial charge in [-0.05, 0) is 53.9 Å². The number of nitrogens with zero attached hydrogens (tertiary/aromatic N) is 3. The van der Waals surface area contributed by atoms with Crippen LogP contribution in [0, 0.1) is 13.8 Å². The van der Waals surface area contributed by atoms with Gasteiger partial charge in [-0.1, -0.05) is 72.3 Å². The molecule has 9 heteroatoms. The number of sulfonamides is 1. The second-order valence-electron chi connectivity index (χ2n) is 10.3. The van der Waals surface area contributed by atoms with Crippen LogP contribution in [0.3, 0.4) is 0 Å². The Balaban J connectivity index is 1.33. The number of nitrogens with one attached hydrogen (secondary N) is 1. The van der Waals surface area contributed by atoms with Crippen molar-refractivity contribution in [1.29, 1.82) is 0 Å². The SMILES string of the molecule is Cc1ccc(-c2nn(Cc3ccc4ccccc4c3)cc2C(=O)Nc2ccc(C)c(S(=O)(=O)N3CCOC3)c2)cc1. The third-order valence-electron chi connectivity index (χ3n) is 7.27. The maximum absolute atomic E-state index is 13.7. The van der Waals surface area contributed by atoms with Gasteiger partial charge in [0.15, 0.2) is 0 Å². The first-order valence-corrected chi connectivity index (χ1v) is 14.8. The monoisotopic (exact) mass is 566 g/mol. The molecule has 0 atom stereocenters. The van der Waals surface area contributed by atoms with Gasteiger partial charge in [-0.2, -0.15) is 9.40 Å². The fourth-order valence-corrected chi connectivity index (χ4v) is 6.55. The van der Waals surface area contributed by atoms with Crippen LogP contribution in [0.4, 0.5) is 5.69 Å². The Hall–Kier alpha value is -4.31. The summed E-state index contributed by atoms with van der Waals surface area (Å²) in [5.74, 6) is -0.373. The number of benzene rings is 4. The number of hydrogen-bond donors (Lipinski definition) is 1. The molecule has 1 fully saturated rings. The van der Waals surface area contributed by atoms with Gasteiger partial charge in [-0.15, -0.1) is 0 Å². The maximum Gasteiger partial charge on any atom is 0.259 e. The Kier molecular flexibility index (Phi) is 7.17. The van der Waals surface area contributed by atoms with E-state index in [0.717, 1.165) is 27.5 Å². The fourth-order valence-electron chi connectivity index (χ4n) is 5.00. The van der Waals surface area contributed by atoms with Gasteiger partial charge in [-0.25, -0.2) is 8.42 Å². The Labute approximate surface area is 239 Å². The zero-order chi connectivity index (χ0) is 28.6. The van der Waals surface area contributed by atoms with E-state index >= 15 is 0 Å². The number of ether oxygens (including phenoxy) is 1. The van der Waals surface area contributed by atoms with Crippen LogP contribution in [0.15, 0.2) is 96.0 Å². The van der Waals surface area contributed by atoms with Crippen molar-refractivity contribution in [2.75, 3.05) is 25.2 Å². The van der Waals surface area contributed by atoms with Crippen molar-refractivity contribution in [2.24, 2.45) is 0 Å². The molecule has 6 rings (SSSR count). The normalized spacial score (nSPS) is 14.0. The predicted molar refractivity (Wildman–Crippen MR) is 159 cm³/mol. The molecule has 41 heavy (non-hydrogen) atoms. The minimum Gasteiger partial charge on any atom is -0.364 e. The molecule has 0 unspecified atom stereocenters. The summed E-state index contributed by atoms with van der Waals surface area (Å²) in [4.78, 5) is 13.8. The van der Waals surface area contributed by atoms with Crippen molar-refractivity contribution >= 4 is 32.4 Å². The van der Waals surface area contributed by atoms with Crippen LogP contribution in [0.25, 0.3) is 22.0 Å². The van der Waals surface area contributed by atoms with E-state index in [-0.39, 0.29) is 17.5 Å². The van der Waals surface area contributed by atoms with Crippen LogP contribution in [0.1, 0.15) is 27.0 Å². The molecule has 1 N–H and O–H groups in total. The fraction of sp³-hybridized carbons (Fsp3) is 0.188. The van der Waals surface area contributed by atoms with Gasteiger partial charge >= 0.3 is 0 Å². The topological polar surface area (TPSA) is 93.5 Å². The third kappa shape index (κ3) is 5.52. The van der Waals surface area contributed by atoms with E-state index < -0.39 is 10.0 Å². The largest absolute Gasteiger partial charge is 0.364 e. The van der Waals surface area contributed by atoms with Gasteiger partial charge in [0.25, 0.3) is 5.91 Å². The van der Waals surface area contributed by atoms with Gasteiger partial charge in [0.1, 0.15) is 12.4 Å². The molecule has 1 amide bonds. The first-order chi connectivity index (χ1) is 19.8. The Bertz CT molecular complexity index is 1860. The Morgan fingerprint density at radius 1 is 0.951 bits per heavy atom. The average Bonchev–Trinajstić information content (AvgIpc) is 3.66. The molecule has 0 spiro atoms. The van der Waals surface area contributed by atoms with E-state index in [9.17, 15) is 13.2 Å². The molecular weight excluding hydrogens is 536 g/mol. The van der Waals surface area contributed by atoms with Crippen LogP contribution < -0.4 is 5.32 Å². The van der Waals surface area contributed by atoms with Gasteiger partial charge in [-0.3, -0.25) is 9.48 Å². The molecule has 5 aromatic rings. The molecule has 0 saturated carbocycles. The quantitative estimate of drug-likeness (QED) is 0.277. The van der Waals surface area contributed by atoms with E-state index in [1.54, 1.807) is 29.9 Å². The van der Waals surface area contributed by atoms with Crippen LogP contribution in [0.2, 0.25) is 0 Å². The zero-order valence-corrected chi connectivity index (χ0v) is 23.7. The summed E-state index contributed by atoms with van der Waals surface area (Å²) in [6.07, 6.45) is 1.74. The number of carbonyl (C=O) groups excluding carboxylic acids is 1. The van der Waals surface area contributed by atoms with E-state index in [1.165, 1.54) is 10.4 Å². The molecule has 1 saturated heterocycles. The predicted octanol–water partition coefficient (Wildman–Crippen LogP) is 5.60. The molecule has 8 nitrogen and oxygen atoms in total. The minimum atomic E-state index is -3.75. The van der Waals surface area contributed by atoms with Crippen LogP contribution in [0.5, 0.6) is 0 Å². The number of aryl methyl sites for hydroxylation is 2. The summed E-state index contributed by atoms with van der Waals surface area (Å²) in [7, 11) is -3.75. The third-order valence-corrected chi connectivity index (χ3v) is 9.24. The second kappa shape index (κ2) is 10.9. The summed E-state index contributed by atoms with van der Waals surface area (Å²) in [5.41, 5.74) is 4.92. The summed E-state index contributed by atoms with van der Waals surface area (Å²) in [5, 5.41) is 10.0. The molecular formula is C32H30N4O4S. The van der Waals surface area contributed by atoms with E-state index in [4.69, 9.17) is 9.84 Å². The molecule has 1 aromatic heterocycles. The average molecular weight is 567 g/mol. The number of hydrogen-bond acceptors (Lipinski definition) is 5. The maximum atomic E-state index is 13.7. The first kappa shape index (κ1) is 26.9. The molecule has 0 aliphatic carbocycles. The number of fused-ring (bicyclic) bond motifs is 1. The van der Waals surface area contributed by atoms with Gasteiger partial charge in [0, 0.05) is 24.0 Å². The lowest BCUT2D eigenvalue weighted by Gasteiger charge is -2.17. The van der Waals surface area contributed by atoms with Crippen molar-refractivity contribution in [3.05, 3.63) is 113 Å². The van der Waals surface area contributed by atoms with Crippen LogP contribution in [-0.2, 0) is 21.3 Å². The lowest BCUT2D eigenvalue weighted by Crippen LogP contribution is -2.29. The first-order valence-electron chi connectivity index (χ1n) is 13.4. The van der Waals surface area contributed by atoms with Crippen LogP contribution in [-0.4, -0.2) is 48.3 Å². The highest BCUT2D eigenvalue weighted by Crippen LogP contribution is 2.28. The molecule has 1 aliphatic rings. The standard InChI is InChI=1S/C32H30N4O4S/c1-22-7-11-26(12-8-22)31-29(20-35(34-31)19-24-10-13-25-5-3-4-6-27(25)17-24)32(37)33-28-14-9-23(2)30(18-28)41(38,39)36-15-16-40-21-36/h3-14,17-18,20H,15-16,19,21H2,1-2H3,(H,33,37). The summed E-state index contributed by atoms with van der Waals surface area (Å²) < 4.78 is 34.7. The van der Waals surface area contributed by atoms with Crippen molar-refractivity contribution in [3.8, 4) is 11.3 Å². The van der Waals surface area contributed by atoms with E-state index in [0.29, 0.717) is 42.2 Å². The lowest BCUT2D eigenvalue weighted by atomic mass is 10.1. The summed E-state index contributed by atoms with van der Waals surface area (Å²) >= 11 is 0. The summed E-state index contributed by atoms with van der Waals surface area (Å²) in [6, 6.07) is 27.2. The van der Waals surface area contributed by atoms with Gasteiger partial charge in [0.05, 0.1) is 23.6 Å². The highest BCUT2D eigenvalue weighted by atomic mass is 32.2. The highest BCUT2D eigenvalue weighted by Gasteiger charge is 2.29. The number of aromatic nitrogens is 2.